The zero-order chi connectivity index (χ0) is 19.5. The number of nitrogens with one attached hydrogen (secondary N) is 3. The number of benzene rings is 2. The second-order valence-electron chi connectivity index (χ2n) is 6.94. The standard InChI is InChI=1S/C22H24N4O2/c1-28-16-6-7-21-18(11-16)14(12-25-21)8-9-24-22(27)19(23)10-15-13-26-20-5-3-2-4-17(15)20/h2-7,11-13,19,25-26H,8-10,23H2,1H3,(H,24,27)/t19-/m0/s1. The van der Waals surface area contributed by atoms with Crippen molar-refractivity contribution in [1.29, 1.82) is 0 Å². The first kappa shape index (κ1) is 18.1. The summed E-state index contributed by atoms with van der Waals surface area (Å²) in [5.74, 6) is 0.681. The zero-order valence-corrected chi connectivity index (χ0v) is 15.8. The highest BCUT2D eigenvalue weighted by Crippen LogP contribution is 2.24. The minimum absolute atomic E-state index is 0.136. The molecule has 2 heterocycles. The molecule has 144 valence electrons. The Morgan fingerprint density at radius 2 is 1.82 bits per heavy atom. The van der Waals surface area contributed by atoms with Crippen LogP contribution in [0.4, 0.5) is 0 Å². The number of ether oxygens (including phenoxy) is 1. The quantitative estimate of drug-likeness (QED) is 0.399. The first-order chi connectivity index (χ1) is 13.7. The number of rotatable bonds is 7. The van der Waals surface area contributed by atoms with Crippen LogP contribution in [0.15, 0.2) is 54.9 Å². The fourth-order valence-corrected chi connectivity index (χ4v) is 3.57. The van der Waals surface area contributed by atoms with Gasteiger partial charge in [-0.15, -0.1) is 0 Å². The van der Waals surface area contributed by atoms with Crippen molar-refractivity contribution in [2.45, 2.75) is 18.9 Å². The Hall–Kier alpha value is -3.25. The van der Waals surface area contributed by atoms with Gasteiger partial charge >= 0.3 is 0 Å². The monoisotopic (exact) mass is 376 g/mol. The van der Waals surface area contributed by atoms with E-state index in [1.807, 2.05) is 54.9 Å². The normalized spacial score (nSPS) is 12.4. The summed E-state index contributed by atoms with van der Waals surface area (Å²) in [6.07, 6.45) is 5.12. The molecular formula is C22H24N4O2. The molecule has 2 aromatic carbocycles. The van der Waals surface area contributed by atoms with Crippen LogP contribution in [0.2, 0.25) is 0 Å². The van der Waals surface area contributed by atoms with Crippen molar-refractivity contribution >= 4 is 27.7 Å². The number of H-pyrrole nitrogens is 2. The topological polar surface area (TPSA) is 95.9 Å². The lowest BCUT2D eigenvalue weighted by molar-refractivity contribution is -0.122. The minimum Gasteiger partial charge on any atom is -0.497 e. The van der Waals surface area contributed by atoms with Gasteiger partial charge in [0.2, 0.25) is 5.91 Å². The maximum Gasteiger partial charge on any atom is 0.237 e. The van der Waals surface area contributed by atoms with Crippen LogP contribution < -0.4 is 15.8 Å². The van der Waals surface area contributed by atoms with Gasteiger partial charge in [-0.1, -0.05) is 18.2 Å². The molecule has 0 radical (unpaired) electrons. The van der Waals surface area contributed by atoms with E-state index in [4.69, 9.17) is 10.5 Å². The molecule has 0 bridgehead atoms. The molecule has 0 unspecified atom stereocenters. The maximum atomic E-state index is 12.4. The third-order valence-corrected chi connectivity index (χ3v) is 5.12. The largest absolute Gasteiger partial charge is 0.497 e. The Labute approximate surface area is 163 Å². The highest BCUT2D eigenvalue weighted by Gasteiger charge is 2.16. The Morgan fingerprint density at radius 1 is 1.07 bits per heavy atom. The number of carbonyl (C=O) groups is 1. The van der Waals surface area contributed by atoms with E-state index in [9.17, 15) is 4.79 Å². The molecule has 4 aromatic rings. The summed E-state index contributed by atoms with van der Waals surface area (Å²) in [6, 6.07) is 13.4. The third kappa shape index (κ3) is 3.59. The predicted molar refractivity (Wildman–Crippen MR) is 112 cm³/mol. The molecule has 5 N–H and O–H groups in total. The van der Waals surface area contributed by atoms with Gasteiger partial charge in [0.05, 0.1) is 13.2 Å². The Bertz CT molecular complexity index is 1110. The van der Waals surface area contributed by atoms with Gasteiger partial charge in [-0.05, 0) is 48.2 Å². The summed E-state index contributed by atoms with van der Waals surface area (Å²) in [5.41, 5.74) is 10.4. The van der Waals surface area contributed by atoms with Crippen LogP contribution in [0.3, 0.4) is 0 Å². The molecule has 0 saturated heterocycles. The summed E-state index contributed by atoms with van der Waals surface area (Å²) < 4.78 is 5.30. The highest BCUT2D eigenvalue weighted by molar-refractivity contribution is 5.86. The van der Waals surface area contributed by atoms with Crippen molar-refractivity contribution in [2.75, 3.05) is 13.7 Å². The molecule has 0 aliphatic carbocycles. The smallest absolute Gasteiger partial charge is 0.237 e. The minimum atomic E-state index is -0.581. The molecule has 6 heteroatoms. The molecule has 0 aliphatic rings. The molecule has 0 aliphatic heterocycles. The number of amides is 1. The number of carbonyl (C=O) groups excluding carboxylic acids is 1. The molecule has 2 aromatic heterocycles. The lowest BCUT2D eigenvalue weighted by Crippen LogP contribution is -2.42. The summed E-state index contributed by atoms with van der Waals surface area (Å²) in [6.45, 7) is 0.532. The molecule has 6 nitrogen and oxygen atoms in total. The van der Waals surface area contributed by atoms with Crippen LogP contribution in [-0.2, 0) is 17.6 Å². The van der Waals surface area contributed by atoms with Crippen LogP contribution in [0.25, 0.3) is 21.8 Å². The number of nitrogens with two attached hydrogens (primary N) is 1. The van der Waals surface area contributed by atoms with Gasteiger partial charge in [-0.25, -0.2) is 0 Å². The fraction of sp³-hybridized carbons (Fsp3) is 0.227. The van der Waals surface area contributed by atoms with E-state index in [0.717, 1.165) is 45.1 Å². The van der Waals surface area contributed by atoms with Gasteiger partial charge in [-0.3, -0.25) is 4.79 Å². The van der Waals surface area contributed by atoms with Gasteiger partial charge in [0.15, 0.2) is 0 Å². The summed E-state index contributed by atoms with van der Waals surface area (Å²) in [7, 11) is 1.66. The molecule has 1 atom stereocenters. The Balaban J connectivity index is 1.35. The number of hydrogen-bond donors (Lipinski definition) is 4. The third-order valence-electron chi connectivity index (χ3n) is 5.12. The van der Waals surface area contributed by atoms with Gasteiger partial charge in [0.1, 0.15) is 5.75 Å². The molecule has 0 saturated carbocycles. The van der Waals surface area contributed by atoms with E-state index >= 15 is 0 Å². The van der Waals surface area contributed by atoms with Crippen molar-refractivity contribution in [1.82, 2.24) is 15.3 Å². The zero-order valence-electron chi connectivity index (χ0n) is 15.8. The number of aromatic nitrogens is 2. The summed E-state index contributed by atoms with van der Waals surface area (Å²) in [5, 5.41) is 5.17. The number of methoxy groups -OCH3 is 1. The Morgan fingerprint density at radius 3 is 2.64 bits per heavy atom. The van der Waals surface area contributed by atoms with Gasteiger partial charge < -0.3 is 25.8 Å². The van der Waals surface area contributed by atoms with E-state index in [-0.39, 0.29) is 5.91 Å². The van der Waals surface area contributed by atoms with Crippen LogP contribution >= 0.6 is 0 Å². The van der Waals surface area contributed by atoms with E-state index in [1.165, 1.54) is 0 Å². The molecule has 28 heavy (non-hydrogen) atoms. The first-order valence-corrected chi connectivity index (χ1v) is 9.38. The summed E-state index contributed by atoms with van der Waals surface area (Å²) >= 11 is 0. The first-order valence-electron chi connectivity index (χ1n) is 9.38. The van der Waals surface area contributed by atoms with Crippen molar-refractivity contribution in [2.24, 2.45) is 5.73 Å². The molecule has 0 spiro atoms. The van der Waals surface area contributed by atoms with Gasteiger partial charge in [-0.2, -0.15) is 0 Å². The maximum absolute atomic E-state index is 12.4. The van der Waals surface area contributed by atoms with Crippen LogP contribution in [0, 0.1) is 0 Å². The second kappa shape index (κ2) is 7.78. The van der Waals surface area contributed by atoms with E-state index in [2.05, 4.69) is 15.3 Å². The molecular weight excluding hydrogens is 352 g/mol. The van der Waals surface area contributed by atoms with Crippen molar-refractivity contribution in [3.63, 3.8) is 0 Å². The van der Waals surface area contributed by atoms with Crippen molar-refractivity contribution in [3.8, 4) is 5.75 Å². The highest BCUT2D eigenvalue weighted by atomic mass is 16.5. The number of hydrogen-bond acceptors (Lipinski definition) is 3. The summed E-state index contributed by atoms with van der Waals surface area (Å²) in [4.78, 5) is 18.9. The average Bonchev–Trinajstić information content (AvgIpc) is 3.32. The Kier molecular flexibility index (Phi) is 5.04. The van der Waals surface area contributed by atoms with Crippen LogP contribution in [0.5, 0.6) is 5.75 Å². The number of aromatic amines is 2. The average molecular weight is 376 g/mol. The molecule has 1 amide bonds. The SMILES string of the molecule is COc1ccc2[nH]cc(CCNC(=O)[C@@H](N)Cc3c[nH]c4ccccc34)c2c1. The molecule has 0 fully saturated rings. The lowest BCUT2D eigenvalue weighted by atomic mass is 10.0. The van der Waals surface area contributed by atoms with Crippen molar-refractivity contribution in [3.05, 3.63) is 66.0 Å². The van der Waals surface area contributed by atoms with Crippen molar-refractivity contribution < 1.29 is 9.53 Å². The van der Waals surface area contributed by atoms with Gasteiger partial charge in [0.25, 0.3) is 0 Å². The molecule has 4 rings (SSSR count). The number of fused-ring (bicyclic) bond motifs is 2. The van der Waals surface area contributed by atoms with Gasteiger partial charge in [0, 0.05) is 40.7 Å². The van der Waals surface area contributed by atoms with E-state index in [0.29, 0.717) is 13.0 Å². The predicted octanol–water partition coefficient (Wildman–Crippen LogP) is 2.89. The number of para-hydroxylation sites is 1. The second-order valence-corrected chi connectivity index (χ2v) is 6.94. The van der Waals surface area contributed by atoms with Crippen LogP contribution in [0.1, 0.15) is 11.1 Å². The van der Waals surface area contributed by atoms with E-state index < -0.39 is 6.04 Å². The lowest BCUT2D eigenvalue weighted by Gasteiger charge is -2.12. The fourth-order valence-electron chi connectivity index (χ4n) is 3.57. The van der Waals surface area contributed by atoms with Crippen LogP contribution in [-0.4, -0.2) is 35.6 Å². The van der Waals surface area contributed by atoms with E-state index in [1.54, 1.807) is 7.11 Å².